The second-order valence-corrected chi connectivity index (χ2v) is 3.97. The summed E-state index contributed by atoms with van der Waals surface area (Å²) in [6.07, 6.45) is 16.2. The molecule has 0 N–H and O–H groups in total. The molecule has 0 amide bonds. The van der Waals surface area contributed by atoms with Gasteiger partial charge in [-0.1, -0.05) is 55.9 Å². The van der Waals surface area contributed by atoms with Crippen molar-refractivity contribution in [3.05, 3.63) is 48.6 Å². The Morgan fingerprint density at radius 1 is 1.27 bits per heavy atom. The Morgan fingerprint density at radius 3 is 2.60 bits per heavy atom. The summed E-state index contributed by atoms with van der Waals surface area (Å²) in [4.78, 5) is 0. The summed E-state index contributed by atoms with van der Waals surface area (Å²) in [5.74, 6) is 0.626. The molecule has 0 fully saturated rings. The molecule has 0 aromatic carbocycles. The maximum absolute atomic E-state index is 3.77. The molecule has 0 aliphatic carbocycles. The Hall–Kier alpha value is -1.04. The Kier molecular flexibility index (Phi) is 8.85. The summed E-state index contributed by atoms with van der Waals surface area (Å²) in [7, 11) is 0. The van der Waals surface area contributed by atoms with Crippen LogP contribution in [0.1, 0.15) is 40.0 Å². The highest BCUT2D eigenvalue weighted by Gasteiger charge is 1.91. The van der Waals surface area contributed by atoms with E-state index in [1.807, 2.05) is 6.08 Å². The van der Waals surface area contributed by atoms with Gasteiger partial charge in [0, 0.05) is 0 Å². The van der Waals surface area contributed by atoms with Gasteiger partial charge in [-0.2, -0.15) is 0 Å². The van der Waals surface area contributed by atoms with Gasteiger partial charge in [0.2, 0.25) is 0 Å². The van der Waals surface area contributed by atoms with Crippen LogP contribution in [0.4, 0.5) is 0 Å². The molecule has 0 aliphatic heterocycles. The van der Waals surface area contributed by atoms with Gasteiger partial charge in [-0.05, 0) is 32.1 Å². The van der Waals surface area contributed by atoms with Crippen LogP contribution < -0.4 is 0 Å². The fraction of sp³-hybridized carbons (Fsp3) is 0.467. The Morgan fingerprint density at radius 2 is 2.00 bits per heavy atom. The summed E-state index contributed by atoms with van der Waals surface area (Å²) in [6, 6.07) is 0. The Labute approximate surface area is 95.1 Å². The normalized spacial score (nSPS) is 15.0. The molecule has 0 spiro atoms. The van der Waals surface area contributed by atoms with Crippen molar-refractivity contribution >= 4 is 0 Å². The standard InChI is InChI=1S/C15H24/c1-5-14(3)12-10-8-7-9-11-13-15(4)6-2/h5,7-9,11,13-14H,1,6,10,12H2,2-4H3/b8-7+,11-9+,15-13+. The highest BCUT2D eigenvalue weighted by Crippen LogP contribution is 2.06. The molecular formula is C15H24. The van der Waals surface area contributed by atoms with Crippen LogP contribution in [0, 0.1) is 5.92 Å². The molecule has 0 radical (unpaired) electrons. The summed E-state index contributed by atoms with van der Waals surface area (Å²) >= 11 is 0. The molecule has 0 heteroatoms. The summed E-state index contributed by atoms with van der Waals surface area (Å²) in [5, 5.41) is 0. The summed E-state index contributed by atoms with van der Waals surface area (Å²) in [6.45, 7) is 10.3. The molecule has 0 aliphatic rings. The zero-order valence-corrected chi connectivity index (χ0v) is 10.4. The van der Waals surface area contributed by atoms with Crippen molar-refractivity contribution in [2.45, 2.75) is 40.0 Å². The van der Waals surface area contributed by atoms with Gasteiger partial charge >= 0.3 is 0 Å². The second kappa shape index (κ2) is 9.51. The summed E-state index contributed by atoms with van der Waals surface area (Å²) < 4.78 is 0. The largest absolute Gasteiger partial charge is 0.103 e. The first-order valence-electron chi connectivity index (χ1n) is 5.82. The quantitative estimate of drug-likeness (QED) is 0.402. The first-order chi connectivity index (χ1) is 7.20. The van der Waals surface area contributed by atoms with Gasteiger partial charge in [0.15, 0.2) is 0 Å². The molecule has 0 rings (SSSR count). The van der Waals surface area contributed by atoms with Crippen molar-refractivity contribution in [1.29, 1.82) is 0 Å². The van der Waals surface area contributed by atoms with Gasteiger partial charge in [-0.15, -0.1) is 6.58 Å². The van der Waals surface area contributed by atoms with Crippen molar-refractivity contribution in [3.63, 3.8) is 0 Å². The monoisotopic (exact) mass is 204 g/mol. The van der Waals surface area contributed by atoms with E-state index < -0.39 is 0 Å². The molecule has 84 valence electrons. The highest BCUT2D eigenvalue weighted by atomic mass is 14.0. The fourth-order valence-electron chi connectivity index (χ4n) is 1.05. The first-order valence-corrected chi connectivity index (χ1v) is 5.82. The molecule has 0 aromatic heterocycles. The first kappa shape index (κ1) is 14.0. The van der Waals surface area contributed by atoms with Gasteiger partial charge in [-0.3, -0.25) is 0 Å². The van der Waals surface area contributed by atoms with E-state index in [9.17, 15) is 0 Å². The molecule has 0 nitrogen and oxygen atoms in total. The van der Waals surface area contributed by atoms with E-state index in [0.29, 0.717) is 5.92 Å². The lowest BCUT2D eigenvalue weighted by Crippen LogP contribution is -1.85. The van der Waals surface area contributed by atoms with Crippen LogP contribution in [0.2, 0.25) is 0 Å². The van der Waals surface area contributed by atoms with E-state index in [1.165, 1.54) is 12.0 Å². The average molecular weight is 204 g/mol. The maximum atomic E-state index is 3.77. The molecule has 1 unspecified atom stereocenters. The molecule has 15 heavy (non-hydrogen) atoms. The van der Waals surface area contributed by atoms with Crippen molar-refractivity contribution < 1.29 is 0 Å². The lowest BCUT2D eigenvalue weighted by Gasteiger charge is -1.99. The number of rotatable bonds is 7. The SMILES string of the molecule is C=CC(C)CC/C=C/C=C/C=C(\C)CC. The van der Waals surface area contributed by atoms with Crippen LogP contribution in [0.5, 0.6) is 0 Å². The molecule has 0 saturated carbocycles. The minimum atomic E-state index is 0.626. The Bertz CT molecular complexity index is 241. The van der Waals surface area contributed by atoms with Gasteiger partial charge in [0.1, 0.15) is 0 Å². The van der Waals surface area contributed by atoms with Crippen LogP contribution in [0.25, 0.3) is 0 Å². The number of allylic oxidation sites excluding steroid dienone is 7. The predicted molar refractivity (Wildman–Crippen MR) is 70.9 cm³/mol. The average Bonchev–Trinajstić information content (AvgIpc) is 2.26. The van der Waals surface area contributed by atoms with Gasteiger partial charge in [0.25, 0.3) is 0 Å². The van der Waals surface area contributed by atoms with E-state index in [1.54, 1.807) is 0 Å². The molecular weight excluding hydrogens is 180 g/mol. The van der Waals surface area contributed by atoms with Crippen LogP contribution in [-0.2, 0) is 0 Å². The van der Waals surface area contributed by atoms with Crippen LogP contribution in [0.3, 0.4) is 0 Å². The number of hydrogen-bond acceptors (Lipinski definition) is 0. The third-order valence-corrected chi connectivity index (χ3v) is 2.49. The van der Waals surface area contributed by atoms with E-state index in [4.69, 9.17) is 0 Å². The van der Waals surface area contributed by atoms with Crippen LogP contribution in [0.15, 0.2) is 48.6 Å². The third-order valence-electron chi connectivity index (χ3n) is 2.49. The smallest absolute Gasteiger partial charge is 0.0262 e. The van der Waals surface area contributed by atoms with E-state index in [2.05, 4.69) is 57.7 Å². The highest BCUT2D eigenvalue weighted by molar-refractivity contribution is 5.15. The van der Waals surface area contributed by atoms with Gasteiger partial charge < -0.3 is 0 Å². The zero-order valence-electron chi connectivity index (χ0n) is 10.4. The lowest BCUT2D eigenvalue weighted by atomic mass is 10.1. The maximum Gasteiger partial charge on any atom is -0.0262 e. The Balaban J connectivity index is 3.67. The van der Waals surface area contributed by atoms with Crippen molar-refractivity contribution in [2.75, 3.05) is 0 Å². The topological polar surface area (TPSA) is 0 Å². The van der Waals surface area contributed by atoms with Crippen molar-refractivity contribution in [1.82, 2.24) is 0 Å². The van der Waals surface area contributed by atoms with E-state index in [0.717, 1.165) is 12.8 Å². The summed E-state index contributed by atoms with van der Waals surface area (Å²) in [5.41, 5.74) is 1.42. The van der Waals surface area contributed by atoms with Crippen LogP contribution in [-0.4, -0.2) is 0 Å². The number of hydrogen-bond donors (Lipinski definition) is 0. The van der Waals surface area contributed by atoms with Crippen molar-refractivity contribution in [3.8, 4) is 0 Å². The molecule has 0 bridgehead atoms. The molecule has 0 aromatic rings. The minimum Gasteiger partial charge on any atom is -0.103 e. The van der Waals surface area contributed by atoms with Gasteiger partial charge in [0.05, 0.1) is 0 Å². The van der Waals surface area contributed by atoms with Crippen LogP contribution >= 0.6 is 0 Å². The van der Waals surface area contributed by atoms with Gasteiger partial charge in [-0.25, -0.2) is 0 Å². The molecule has 0 saturated heterocycles. The third kappa shape index (κ3) is 9.27. The van der Waals surface area contributed by atoms with E-state index in [-0.39, 0.29) is 0 Å². The molecule has 1 atom stereocenters. The minimum absolute atomic E-state index is 0.626. The zero-order chi connectivity index (χ0) is 11.5. The second-order valence-electron chi connectivity index (χ2n) is 3.97. The van der Waals surface area contributed by atoms with E-state index >= 15 is 0 Å². The predicted octanol–water partition coefficient (Wildman–Crippen LogP) is 5.06. The van der Waals surface area contributed by atoms with Crippen molar-refractivity contribution in [2.24, 2.45) is 5.92 Å². The lowest BCUT2D eigenvalue weighted by molar-refractivity contribution is 0.659. The fourth-order valence-corrected chi connectivity index (χ4v) is 1.05. The molecule has 0 heterocycles.